The van der Waals surface area contributed by atoms with Crippen LogP contribution in [0.3, 0.4) is 0 Å². The Morgan fingerprint density at radius 2 is 2.00 bits per heavy atom. The first-order valence-electron chi connectivity index (χ1n) is 5.71. The fraction of sp³-hybridized carbons (Fsp3) is 0.462. The Bertz CT molecular complexity index is 403. The Kier molecular flexibility index (Phi) is 4.67. The summed E-state index contributed by atoms with van der Waals surface area (Å²) < 4.78 is 18.2. The van der Waals surface area contributed by atoms with Crippen molar-refractivity contribution in [2.24, 2.45) is 0 Å². The van der Waals surface area contributed by atoms with Crippen LogP contribution in [0.4, 0.5) is 4.39 Å². The first kappa shape index (κ1) is 14.4. The fourth-order valence-electron chi connectivity index (χ4n) is 1.29. The molecule has 0 unspecified atom stereocenters. The summed E-state index contributed by atoms with van der Waals surface area (Å²) in [6, 6.07) is 5.10. The van der Waals surface area contributed by atoms with Crippen molar-refractivity contribution in [3.63, 3.8) is 0 Å². The van der Waals surface area contributed by atoms with E-state index in [0.29, 0.717) is 5.75 Å². The van der Waals surface area contributed by atoms with Gasteiger partial charge in [0.05, 0.1) is 6.61 Å². The summed E-state index contributed by atoms with van der Waals surface area (Å²) >= 11 is 0. The van der Waals surface area contributed by atoms with Crippen molar-refractivity contribution in [1.82, 2.24) is 5.32 Å². The summed E-state index contributed by atoms with van der Waals surface area (Å²) in [6.07, 6.45) is 0. The van der Waals surface area contributed by atoms with E-state index in [4.69, 9.17) is 9.84 Å². The molecule has 0 saturated heterocycles. The number of carbonyl (C=O) groups is 1. The number of carbonyl (C=O) groups excluding carboxylic acids is 1. The number of nitrogens with one attached hydrogen (secondary N) is 1. The van der Waals surface area contributed by atoms with Gasteiger partial charge in [0.2, 0.25) is 0 Å². The highest BCUT2D eigenvalue weighted by Gasteiger charge is 2.30. The molecule has 0 aliphatic rings. The number of rotatable bonds is 5. The number of hydrogen-bond acceptors (Lipinski definition) is 3. The van der Waals surface area contributed by atoms with E-state index in [0.717, 1.165) is 0 Å². The highest BCUT2D eigenvalue weighted by molar-refractivity contribution is 5.84. The number of aliphatic hydroxyl groups excluding tert-OH is 1. The van der Waals surface area contributed by atoms with Crippen molar-refractivity contribution < 1.29 is 19.0 Å². The van der Waals surface area contributed by atoms with E-state index < -0.39 is 5.60 Å². The molecular weight excluding hydrogens is 237 g/mol. The molecule has 0 spiro atoms. The second-order valence-corrected chi connectivity index (χ2v) is 4.62. The fourth-order valence-corrected chi connectivity index (χ4v) is 1.29. The predicted molar refractivity (Wildman–Crippen MR) is 65.8 cm³/mol. The van der Waals surface area contributed by atoms with E-state index in [9.17, 15) is 9.18 Å². The van der Waals surface area contributed by atoms with E-state index in [-0.39, 0.29) is 24.4 Å². The largest absolute Gasteiger partial charge is 0.478 e. The maximum Gasteiger partial charge on any atom is 0.263 e. The smallest absolute Gasteiger partial charge is 0.263 e. The maximum absolute atomic E-state index is 12.7. The normalized spacial score (nSPS) is 12.9. The van der Waals surface area contributed by atoms with Crippen LogP contribution >= 0.6 is 0 Å². The Morgan fingerprint density at radius 1 is 1.44 bits per heavy atom. The molecule has 18 heavy (non-hydrogen) atoms. The highest BCUT2D eigenvalue weighted by Crippen LogP contribution is 2.19. The molecule has 1 atom stereocenters. The Hall–Kier alpha value is -1.62. The van der Waals surface area contributed by atoms with Crippen LogP contribution in [-0.2, 0) is 4.79 Å². The Morgan fingerprint density at radius 3 is 2.50 bits per heavy atom. The average molecular weight is 255 g/mol. The van der Waals surface area contributed by atoms with Gasteiger partial charge in [0, 0.05) is 6.04 Å². The van der Waals surface area contributed by atoms with Gasteiger partial charge in [0.25, 0.3) is 5.91 Å². The lowest BCUT2D eigenvalue weighted by Gasteiger charge is -2.26. The quantitative estimate of drug-likeness (QED) is 0.838. The van der Waals surface area contributed by atoms with Gasteiger partial charge >= 0.3 is 0 Å². The minimum Gasteiger partial charge on any atom is -0.478 e. The lowest BCUT2D eigenvalue weighted by atomic mass is 10.1. The molecule has 5 heteroatoms. The number of hydrogen-bond donors (Lipinski definition) is 2. The van der Waals surface area contributed by atoms with Gasteiger partial charge in [-0.3, -0.25) is 4.79 Å². The molecule has 0 heterocycles. The molecule has 1 aromatic rings. The molecule has 0 bridgehead atoms. The van der Waals surface area contributed by atoms with E-state index in [2.05, 4.69) is 5.32 Å². The summed E-state index contributed by atoms with van der Waals surface area (Å²) in [5.41, 5.74) is -1.10. The minimum absolute atomic E-state index is 0.141. The summed E-state index contributed by atoms with van der Waals surface area (Å²) in [7, 11) is 0. The summed E-state index contributed by atoms with van der Waals surface area (Å²) in [4.78, 5) is 11.9. The first-order valence-corrected chi connectivity index (χ1v) is 5.71. The molecule has 0 aliphatic heterocycles. The Labute approximate surface area is 106 Å². The number of amides is 1. The van der Waals surface area contributed by atoms with Gasteiger partial charge in [-0.2, -0.15) is 0 Å². The van der Waals surface area contributed by atoms with E-state index in [1.807, 2.05) is 0 Å². The zero-order chi connectivity index (χ0) is 13.8. The maximum atomic E-state index is 12.7. The zero-order valence-corrected chi connectivity index (χ0v) is 10.7. The van der Waals surface area contributed by atoms with Crippen molar-refractivity contribution in [3.05, 3.63) is 30.1 Å². The molecule has 1 aromatic carbocycles. The number of halogens is 1. The van der Waals surface area contributed by atoms with Crippen LogP contribution < -0.4 is 10.1 Å². The topological polar surface area (TPSA) is 58.6 Å². The van der Waals surface area contributed by atoms with Crippen molar-refractivity contribution in [1.29, 1.82) is 0 Å². The molecule has 0 fully saturated rings. The van der Waals surface area contributed by atoms with Gasteiger partial charge in [-0.05, 0) is 45.0 Å². The van der Waals surface area contributed by atoms with E-state index >= 15 is 0 Å². The SMILES string of the molecule is C[C@@H](CO)NC(=O)C(C)(C)Oc1ccc(F)cc1. The molecule has 1 amide bonds. The summed E-state index contributed by atoms with van der Waals surface area (Å²) in [5.74, 6) is -0.292. The number of ether oxygens (including phenoxy) is 1. The van der Waals surface area contributed by atoms with Crippen molar-refractivity contribution in [2.45, 2.75) is 32.4 Å². The third kappa shape index (κ3) is 4.00. The van der Waals surface area contributed by atoms with Crippen LogP contribution in [0.25, 0.3) is 0 Å². The van der Waals surface area contributed by atoms with Crippen LogP contribution in [0.5, 0.6) is 5.75 Å². The van der Waals surface area contributed by atoms with Gasteiger partial charge in [-0.15, -0.1) is 0 Å². The van der Waals surface area contributed by atoms with Crippen LogP contribution in [-0.4, -0.2) is 29.3 Å². The van der Waals surface area contributed by atoms with E-state index in [1.54, 1.807) is 20.8 Å². The number of benzene rings is 1. The molecule has 0 saturated carbocycles. The predicted octanol–water partition coefficient (Wildman–Crippen LogP) is 1.48. The second-order valence-electron chi connectivity index (χ2n) is 4.62. The van der Waals surface area contributed by atoms with Crippen LogP contribution in [0.15, 0.2) is 24.3 Å². The molecule has 2 N–H and O–H groups in total. The van der Waals surface area contributed by atoms with Gasteiger partial charge in [0.15, 0.2) is 5.60 Å². The van der Waals surface area contributed by atoms with Crippen LogP contribution in [0, 0.1) is 5.82 Å². The van der Waals surface area contributed by atoms with Gasteiger partial charge < -0.3 is 15.2 Å². The highest BCUT2D eigenvalue weighted by atomic mass is 19.1. The van der Waals surface area contributed by atoms with Gasteiger partial charge in [0.1, 0.15) is 11.6 Å². The summed E-state index contributed by atoms with van der Waals surface area (Å²) in [5, 5.41) is 11.5. The van der Waals surface area contributed by atoms with Crippen molar-refractivity contribution in [3.8, 4) is 5.75 Å². The molecule has 0 aliphatic carbocycles. The lowest BCUT2D eigenvalue weighted by molar-refractivity contribution is -0.135. The number of aliphatic hydroxyl groups is 1. The van der Waals surface area contributed by atoms with Gasteiger partial charge in [-0.25, -0.2) is 4.39 Å². The molecular formula is C13H18FNO3. The molecule has 4 nitrogen and oxygen atoms in total. The van der Waals surface area contributed by atoms with Crippen LogP contribution in [0.1, 0.15) is 20.8 Å². The third-order valence-electron chi connectivity index (χ3n) is 2.38. The molecule has 0 aromatic heterocycles. The van der Waals surface area contributed by atoms with Crippen LogP contribution in [0.2, 0.25) is 0 Å². The zero-order valence-electron chi connectivity index (χ0n) is 10.7. The minimum atomic E-state index is -1.10. The molecule has 0 radical (unpaired) electrons. The third-order valence-corrected chi connectivity index (χ3v) is 2.38. The van der Waals surface area contributed by atoms with Crippen molar-refractivity contribution in [2.75, 3.05) is 6.61 Å². The van der Waals surface area contributed by atoms with Gasteiger partial charge in [-0.1, -0.05) is 0 Å². The average Bonchev–Trinajstić information content (AvgIpc) is 2.31. The summed E-state index contributed by atoms with van der Waals surface area (Å²) in [6.45, 7) is 4.76. The lowest BCUT2D eigenvalue weighted by Crippen LogP contribution is -2.50. The monoisotopic (exact) mass is 255 g/mol. The van der Waals surface area contributed by atoms with Crippen molar-refractivity contribution >= 4 is 5.91 Å². The second kappa shape index (κ2) is 5.82. The standard InChI is InChI=1S/C13H18FNO3/c1-9(8-16)15-12(17)13(2,3)18-11-6-4-10(14)5-7-11/h4-7,9,16H,8H2,1-3H3,(H,15,17)/t9-/m0/s1. The Balaban J connectivity index is 2.68. The molecule has 100 valence electrons. The van der Waals surface area contributed by atoms with E-state index in [1.165, 1.54) is 24.3 Å². The first-order chi connectivity index (χ1) is 8.35. The molecule has 1 rings (SSSR count).